The van der Waals surface area contributed by atoms with Crippen molar-refractivity contribution < 1.29 is 39.8 Å². The van der Waals surface area contributed by atoms with Crippen molar-refractivity contribution in [3.05, 3.63) is 175 Å². The first-order chi connectivity index (χ1) is 34.4. The molecule has 0 aliphatic rings. The molecule has 0 fully saturated rings. The van der Waals surface area contributed by atoms with E-state index >= 15 is 0 Å². The molecule has 0 spiro atoms. The molecule has 0 radical (unpaired) electrons. The van der Waals surface area contributed by atoms with Crippen LogP contribution in [0.1, 0.15) is 39.8 Å². The van der Waals surface area contributed by atoms with Gasteiger partial charge in [0.2, 0.25) is 0 Å². The average Bonchev–Trinajstić information content (AvgIpc) is 3.94. The molecule has 2 heterocycles. The molecule has 0 saturated heterocycles. The third-order valence-corrected chi connectivity index (χ3v) is 17.8. The fourth-order valence-corrected chi connectivity index (χ4v) is 15.0. The first-order valence-corrected chi connectivity index (χ1v) is 19.0. The Bertz CT molecular complexity index is 3890. The standard InChI is InChI=1S/C42H29GeNSe/c1-4-15-30(16-5-1)43(31-17-6-2-7-18-31,32-19-8-3-9-20-32)33-21-14-22-34(29-33)44-37-25-12-10-23-35(37)41-38(44)27-28-40-42(41)36-24-11-13-26-39(36)45-40/h1-29H/i1D,2D,3D,4D,5D,6D,7D,8D,9D,10D,11D,12D,13D,14D,15D,16D,17D,18D,19D,20D,21D,22D,23D,24D,25D,26D,27D,28D,29D. The van der Waals surface area contributed by atoms with Crippen LogP contribution in [0.15, 0.2) is 175 Å². The summed E-state index contributed by atoms with van der Waals surface area (Å²) in [6.07, 6.45) is 0. The predicted molar refractivity (Wildman–Crippen MR) is 196 cm³/mol. The van der Waals surface area contributed by atoms with Crippen molar-refractivity contribution in [2.45, 2.75) is 0 Å². The van der Waals surface area contributed by atoms with Gasteiger partial charge in [0.05, 0.1) is 0 Å². The molecule has 7 aromatic carbocycles. The van der Waals surface area contributed by atoms with Crippen LogP contribution in [0.5, 0.6) is 0 Å². The van der Waals surface area contributed by atoms with Crippen LogP contribution in [0, 0.1) is 0 Å². The number of hydrogen-bond acceptors (Lipinski definition) is 0. The van der Waals surface area contributed by atoms with Crippen LogP contribution in [-0.2, 0) is 0 Å². The van der Waals surface area contributed by atoms with E-state index in [4.69, 9.17) is 20.6 Å². The van der Waals surface area contributed by atoms with Crippen LogP contribution in [0.2, 0.25) is 0 Å². The molecular formula is C42H29GeNSe. The van der Waals surface area contributed by atoms with Crippen LogP contribution < -0.4 is 17.6 Å². The number of hydrogen-bond donors (Lipinski definition) is 0. The number of nitrogens with zero attached hydrogens (tertiary/aromatic N) is 1. The molecule has 0 atom stereocenters. The molecule has 212 valence electrons. The molecule has 0 aliphatic carbocycles. The summed E-state index contributed by atoms with van der Waals surface area (Å²) in [4.78, 5) is 0. The molecule has 2 aromatic heterocycles. The van der Waals surface area contributed by atoms with Gasteiger partial charge in [0.15, 0.2) is 0 Å². The predicted octanol–water partition coefficient (Wildman–Crippen LogP) is 7.52. The van der Waals surface area contributed by atoms with E-state index in [9.17, 15) is 19.2 Å². The molecule has 1 nitrogen and oxygen atoms in total. The molecule has 0 bridgehead atoms. The van der Waals surface area contributed by atoms with Gasteiger partial charge in [-0.3, -0.25) is 0 Å². The normalized spacial score (nSPS) is 21.0. The van der Waals surface area contributed by atoms with Crippen LogP contribution in [0.3, 0.4) is 0 Å². The van der Waals surface area contributed by atoms with Gasteiger partial charge < -0.3 is 0 Å². The van der Waals surface area contributed by atoms with Crippen molar-refractivity contribution in [3.63, 3.8) is 0 Å². The minimum absolute atomic E-state index is 0.00558. The van der Waals surface area contributed by atoms with Crippen LogP contribution in [-0.4, -0.2) is 32.3 Å². The molecule has 9 aromatic rings. The quantitative estimate of drug-likeness (QED) is 0.162. The van der Waals surface area contributed by atoms with Gasteiger partial charge in [-0.25, -0.2) is 0 Å². The third kappa shape index (κ3) is 4.07. The third-order valence-electron chi connectivity index (χ3n) is 7.32. The van der Waals surface area contributed by atoms with E-state index in [2.05, 4.69) is 0 Å². The van der Waals surface area contributed by atoms with Crippen molar-refractivity contribution in [2.24, 2.45) is 0 Å². The van der Waals surface area contributed by atoms with Crippen LogP contribution >= 0.6 is 0 Å². The Balaban J connectivity index is 1.71. The molecule has 9 rings (SSSR count). The van der Waals surface area contributed by atoms with E-state index in [1.807, 2.05) is 0 Å². The van der Waals surface area contributed by atoms with E-state index in [-0.39, 0.29) is 24.7 Å². The zero-order chi connectivity index (χ0) is 55.0. The Hall–Kier alpha value is -4.60. The van der Waals surface area contributed by atoms with Crippen molar-refractivity contribution in [1.82, 2.24) is 4.57 Å². The van der Waals surface area contributed by atoms with E-state index in [0.29, 0.717) is 4.57 Å². The Morgan fingerprint density at radius 1 is 0.422 bits per heavy atom. The van der Waals surface area contributed by atoms with Gasteiger partial charge in [-0.2, -0.15) is 0 Å². The van der Waals surface area contributed by atoms with E-state index in [1.54, 1.807) is 0 Å². The number of benzene rings is 7. The summed E-state index contributed by atoms with van der Waals surface area (Å²) >= 11 is -8.52. The van der Waals surface area contributed by atoms with Gasteiger partial charge in [-0.05, 0) is 0 Å². The van der Waals surface area contributed by atoms with Crippen molar-refractivity contribution >= 4 is 86.5 Å². The van der Waals surface area contributed by atoms with E-state index < -0.39 is 243 Å². The van der Waals surface area contributed by atoms with Crippen molar-refractivity contribution in [3.8, 4) is 5.69 Å². The fraction of sp³-hybridized carbons (Fsp3) is 0. The van der Waals surface area contributed by atoms with Gasteiger partial charge in [0.25, 0.3) is 0 Å². The van der Waals surface area contributed by atoms with Crippen LogP contribution in [0.25, 0.3) is 46.8 Å². The van der Waals surface area contributed by atoms with E-state index in [0.717, 1.165) is 0 Å². The first kappa shape index (κ1) is 10.5. The maximum atomic E-state index is 10.4. The van der Waals surface area contributed by atoms with Crippen molar-refractivity contribution in [1.29, 1.82) is 0 Å². The van der Waals surface area contributed by atoms with Gasteiger partial charge in [0, 0.05) is 0 Å². The Morgan fingerprint density at radius 3 is 1.64 bits per heavy atom. The van der Waals surface area contributed by atoms with Crippen molar-refractivity contribution in [2.75, 3.05) is 0 Å². The van der Waals surface area contributed by atoms with Gasteiger partial charge in [-0.15, -0.1) is 0 Å². The molecule has 0 saturated carbocycles. The summed E-state index contributed by atoms with van der Waals surface area (Å²) < 4.78 is 261. The van der Waals surface area contributed by atoms with Gasteiger partial charge in [0.1, 0.15) is 0 Å². The SMILES string of the molecule is [2H]c1c([2H])c([2H])[c]([Ge]([c]2c([2H])c([2H])c([2H])c([2H])c2[2H])([c]2c([2H])c([2H])c([2H])c([2H])c2[2H])[c]2c([2H])c([2H])c([2H])c(-n3c4c([2H])c([2H])c([2H])c([2H])c4c4c5c([se]c6c([2H])c([2H])c([2H])c([2H])c65)c([2H])c([2H])c43)c2[2H])c([2H])c1[2H]. The zero-order valence-electron chi connectivity index (χ0n) is 51.4. The summed E-state index contributed by atoms with van der Waals surface area (Å²) in [5, 5.41) is -1.23. The topological polar surface area (TPSA) is 4.93 Å². The molecule has 0 unspecified atom stereocenters. The molecule has 0 amide bonds. The molecule has 0 aliphatic heterocycles. The maximum absolute atomic E-state index is 10.4. The van der Waals surface area contributed by atoms with Gasteiger partial charge >= 0.3 is 312 Å². The van der Waals surface area contributed by atoms with Gasteiger partial charge in [-0.1, -0.05) is 0 Å². The molecular weight excluding hydrogens is 670 g/mol. The summed E-state index contributed by atoms with van der Waals surface area (Å²) in [6, 6.07) is -30.5. The number of aromatic nitrogens is 1. The molecule has 45 heavy (non-hydrogen) atoms. The second kappa shape index (κ2) is 10.8. The monoisotopic (exact) mass is 730 g/mol. The first-order valence-electron chi connectivity index (χ1n) is 27.6. The second-order valence-electron chi connectivity index (χ2n) is 9.52. The van der Waals surface area contributed by atoms with E-state index in [1.165, 1.54) is 0 Å². The number of rotatable bonds is 5. The Kier molecular flexibility index (Phi) is 2.51. The number of fused-ring (bicyclic) bond motifs is 7. The molecule has 3 heteroatoms. The molecule has 0 N–H and O–H groups in total. The fourth-order valence-electron chi connectivity index (χ4n) is 5.54. The summed E-state index contributed by atoms with van der Waals surface area (Å²) in [5.41, 5.74) is -2.37. The Labute approximate surface area is 311 Å². The summed E-state index contributed by atoms with van der Waals surface area (Å²) in [7, 11) is 0. The van der Waals surface area contributed by atoms with Crippen LogP contribution in [0.4, 0.5) is 0 Å². The number of para-hydroxylation sites is 1. The minimum atomic E-state index is -7.36. The summed E-state index contributed by atoms with van der Waals surface area (Å²) in [5.74, 6) is 0. The second-order valence-corrected chi connectivity index (χ2v) is 19.0. The summed E-state index contributed by atoms with van der Waals surface area (Å²) in [6.45, 7) is 0. The average molecular weight is 728 g/mol. The Morgan fingerprint density at radius 2 is 0.978 bits per heavy atom. The zero-order valence-corrected chi connectivity index (χ0v) is 26.2.